The topological polar surface area (TPSA) is 52.0 Å². The molecular weight excluding hydrogens is 320 g/mol. The van der Waals surface area contributed by atoms with Crippen LogP contribution in [0.4, 0.5) is 0 Å². The van der Waals surface area contributed by atoms with Crippen LogP contribution >= 0.6 is 0 Å². The average molecular weight is 344 g/mol. The van der Waals surface area contributed by atoms with E-state index in [0.29, 0.717) is 10.6 Å². The lowest BCUT2D eigenvalue weighted by Gasteiger charge is -2.22. The average Bonchev–Trinajstić information content (AvgIpc) is 2.99. The Morgan fingerprint density at radius 3 is 2.21 bits per heavy atom. The van der Waals surface area contributed by atoms with Crippen molar-refractivity contribution in [1.82, 2.24) is 9.78 Å². The van der Waals surface area contributed by atoms with Crippen LogP contribution in [0, 0.1) is 5.41 Å². The number of ketones is 1. The molecule has 0 fully saturated rings. The number of Topliss-reactive ketones (excluding diaryl/α,β-unsaturated/α-hetero) is 1. The quantitative estimate of drug-likeness (QED) is 0.632. The van der Waals surface area contributed by atoms with Gasteiger partial charge in [0.2, 0.25) is 0 Å². The van der Waals surface area contributed by atoms with E-state index in [0.717, 1.165) is 5.56 Å². The summed E-state index contributed by atoms with van der Waals surface area (Å²) in [7, 11) is -2.50. The van der Waals surface area contributed by atoms with Crippen LogP contribution in [0.2, 0.25) is 0 Å². The Bertz CT molecular complexity index is 856. The highest BCUT2D eigenvalue weighted by molar-refractivity contribution is 8.03. The molecule has 0 atom stereocenters. The van der Waals surface area contributed by atoms with Crippen molar-refractivity contribution in [2.45, 2.75) is 20.8 Å². The van der Waals surface area contributed by atoms with Crippen LogP contribution in [0.15, 0.2) is 48.8 Å². The van der Waals surface area contributed by atoms with Crippen molar-refractivity contribution in [2.24, 2.45) is 5.41 Å². The lowest BCUT2D eigenvalue weighted by atomic mass is 9.88. The molecule has 0 unspecified atom stereocenters. The van der Waals surface area contributed by atoms with E-state index >= 15 is 0 Å². The van der Waals surface area contributed by atoms with Crippen LogP contribution < -0.4 is 0 Å². The zero-order valence-corrected chi connectivity index (χ0v) is 15.6. The maximum Gasteiger partial charge on any atom is 0.178 e. The van der Waals surface area contributed by atoms with E-state index in [1.54, 1.807) is 35.7 Å². The van der Waals surface area contributed by atoms with Crippen LogP contribution in [-0.4, -0.2) is 37.1 Å². The second kappa shape index (κ2) is 6.77. The van der Waals surface area contributed by atoms with E-state index < -0.39 is 14.9 Å². The second-order valence-electron chi connectivity index (χ2n) is 7.03. The highest BCUT2D eigenvalue weighted by Crippen LogP contribution is 2.23. The maximum absolute atomic E-state index is 13.0. The molecular formula is C19H24N2O2S. The van der Waals surface area contributed by atoms with Crippen molar-refractivity contribution in [2.75, 3.05) is 12.5 Å². The Morgan fingerprint density at radius 1 is 1.12 bits per heavy atom. The molecule has 128 valence electrons. The van der Waals surface area contributed by atoms with E-state index in [2.05, 4.69) is 5.10 Å². The van der Waals surface area contributed by atoms with E-state index in [1.807, 2.05) is 57.2 Å². The molecule has 24 heavy (non-hydrogen) atoms. The smallest absolute Gasteiger partial charge is 0.178 e. The summed E-state index contributed by atoms with van der Waals surface area (Å²) in [5.41, 5.74) is 0.847. The summed E-state index contributed by atoms with van der Waals surface area (Å²) in [6.45, 7) is 5.51. The number of carbonyl (C=O) groups excluding carboxylic acids is 1. The Balaban J connectivity index is 2.77. The van der Waals surface area contributed by atoms with Crippen LogP contribution in [-0.2, 0) is 14.3 Å². The van der Waals surface area contributed by atoms with Crippen molar-refractivity contribution in [3.8, 4) is 0 Å². The van der Waals surface area contributed by atoms with Crippen LogP contribution in [0.25, 0.3) is 11.8 Å². The molecule has 0 amide bonds. The largest absolute Gasteiger partial charge is 0.293 e. The van der Waals surface area contributed by atoms with E-state index in [-0.39, 0.29) is 5.78 Å². The molecule has 0 aliphatic heterocycles. The van der Waals surface area contributed by atoms with Gasteiger partial charge in [0, 0.05) is 30.3 Å². The van der Waals surface area contributed by atoms with Crippen molar-refractivity contribution in [3.63, 3.8) is 0 Å². The third-order valence-corrected chi connectivity index (χ3v) is 4.84. The normalized spacial score (nSPS) is 13.0. The first-order valence-electron chi connectivity index (χ1n) is 7.74. The van der Waals surface area contributed by atoms with Gasteiger partial charge in [-0.2, -0.15) is 5.10 Å². The van der Waals surface area contributed by atoms with Gasteiger partial charge in [-0.3, -0.25) is 9.00 Å². The first-order valence-corrected chi connectivity index (χ1v) is 10.1. The fourth-order valence-corrected chi connectivity index (χ4v) is 3.69. The van der Waals surface area contributed by atoms with Crippen molar-refractivity contribution < 1.29 is 9.00 Å². The lowest BCUT2D eigenvalue weighted by molar-refractivity contribution is -0.119. The fraction of sp³-hybridized carbons (Fsp3) is 0.316. The van der Waals surface area contributed by atoms with Gasteiger partial charge in [0.25, 0.3) is 0 Å². The Kier molecular flexibility index (Phi) is 5.13. The summed E-state index contributed by atoms with van der Waals surface area (Å²) >= 11 is 0. The summed E-state index contributed by atoms with van der Waals surface area (Å²) in [4.78, 5) is 13.4. The fourth-order valence-electron chi connectivity index (χ4n) is 2.29. The first-order chi connectivity index (χ1) is 11.1. The molecule has 0 spiro atoms. The van der Waals surface area contributed by atoms with Gasteiger partial charge in [0.05, 0.1) is 10.6 Å². The van der Waals surface area contributed by atoms with Gasteiger partial charge in [-0.15, -0.1) is 0 Å². The van der Waals surface area contributed by atoms with E-state index in [1.165, 1.54) is 0 Å². The number of allylic oxidation sites excluding steroid dienone is 1. The van der Waals surface area contributed by atoms with Crippen molar-refractivity contribution in [3.05, 3.63) is 54.4 Å². The number of rotatable bonds is 4. The van der Waals surface area contributed by atoms with Crippen LogP contribution in [0.5, 0.6) is 0 Å². The number of hydrogen-bond donors (Lipinski definition) is 0. The molecule has 5 heteroatoms. The zero-order valence-electron chi connectivity index (χ0n) is 14.8. The maximum atomic E-state index is 13.0. The van der Waals surface area contributed by atoms with E-state index in [9.17, 15) is 9.00 Å². The van der Waals surface area contributed by atoms with Gasteiger partial charge in [-0.05, 0) is 27.2 Å². The lowest BCUT2D eigenvalue weighted by Crippen LogP contribution is -2.35. The van der Waals surface area contributed by atoms with Gasteiger partial charge in [-0.25, -0.2) is 4.68 Å². The summed E-state index contributed by atoms with van der Waals surface area (Å²) in [6.07, 6.45) is 8.47. The molecule has 1 heterocycles. The van der Waals surface area contributed by atoms with Crippen LogP contribution in [0.3, 0.4) is 0 Å². The van der Waals surface area contributed by atoms with Gasteiger partial charge in [-0.1, -0.05) is 51.1 Å². The Morgan fingerprint density at radius 2 is 1.75 bits per heavy atom. The Labute approximate surface area is 144 Å². The third-order valence-electron chi connectivity index (χ3n) is 3.47. The molecule has 1 aromatic carbocycles. The molecule has 0 N–H and O–H groups in total. The van der Waals surface area contributed by atoms with Crippen molar-refractivity contribution >= 4 is 31.9 Å². The molecule has 2 rings (SSSR count). The minimum Gasteiger partial charge on any atom is -0.293 e. The van der Waals surface area contributed by atoms with Gasteiger partial charge < -0.3 is 0 Å². The predicted molar refractivity (Wildman–Crippen MR) is 102 cm³/mol. The van der Waals surface area contributed by atoms with Crippen LogP contribution in [0.1, 0.15) is 26.3 Å². The summed E-state index contributed by atoms with van der Waals surface area (Å²) < 4.78 is 14.6. The monoisotopic (exact) mass is 344 g/mol. The van der Waals surface area contributed by atoms with Crippen molar-refractivity contribution in [1.29, 1.82) is 0 Å². The number of benzene rings is 1. The van der Waals surface area contributed by atoms with E-state index in [4.69, 9.17) is 0 Å². The number of aromatic nitrogens is 2. The highest BCUT2D eigenvalue weighted by Gasteiger charge is 2.31. The number of hydrogen-bond acceptors (Lipinski definition) is 3. The summed E-state index contributed by atoms with van der Waals surface area (Å²) in [5, 5.41) is 4.26. The first kappa shape index (κ1) is 18.2. The second-order valence-corrected chi connectivity index (χ2v) is 9.91. The SMILES string of the molecule is CC(C)(C)C(=O)C(/C(=C\c1ccccc1)n1cccn1)=S(C)(C)=O. The molecule has 1 aromatic heterocycles. The third kappa shape index (κ3) is 4.23. The highest BCUT2D eigenvalue weighted by atomic mass is 32.2. The minimum atomic E-state index is -2.50. The molecule has 0 saturated carbocycles. The number of carbonyl (C=O) groups is 1. The number of nitrogens with zero attached hydrogens (tertiary/aromatic N) is 2. The molecule has 0 aliphatic rings. The molecule has 2 aromatic rings. The summed E-state index contributed by atoms with van der Waals surface area (Å²) in [5.74, 6) is -0.129. The van der Waals surface area contributed by atoms with Gasteiger partial charge in [0.1, 0.15) is 0 Å². The minimum absolute atomic E-state index is 0.129. The molecule has 0 saturated heterocycles. The predicted octanol–water partition coefficient (Wildman–Crippen LogP) is 3.21. The standard InChI is InChI=1S/C19H24N2O2S/c1-19(2,3)18(22)17(24(4,5)23)16(21-13-9-12-20-21)14-15-10-7-6-8-11-15/h6-14H,1-5H3/b16-14+. The zero-order chi connectivity index (χ0) is 18.0. The van der Waals surface area contributed by atoms with Gasteiger partial charge >= 0.3 is 0 Å². The molecule has 4 nitrogen and oxygen atoms in total. The van der Waals surface area contributed by atoms with Gasteiger partial charge in [0.15, 0.2) is 5.78 Å². The molecule has 0 radical (unpaired) electrons. The Hall–Kier alpha value is -2.14. The summed E-state index contributed by atoms with van der Waals surface area (Å²) in [6, 6.07) is 11.4. The molecule has 0 bridgehead atoms. The molecule has 0 aliphatic carbocycles.